The van der Waals surface area contributed by atoms with Crippen molar-refractivity contribution in [1.29, 1.82) is 5.26 Å². The van der Waals surface area contributed by atoms with E-state index in [2.05, 4.69) is 48.5 Å². The zero-order chi connectivity index (χ0) is 13.0. The van der Waals surface area contributed by atoms with E-state index in [1.807, 2.05) is 24.3 Å². The lowest BCUT2D eigenvalue weighted by Crippen LogP contribution is -1.93. The van der Waals surface area contributed by atoms with Gasteiger partial charge in [0, 0.05) is 9.77 Å². The minimum Gasteiger partial charge on any atom is -0.359 e. The number of H-pyrrole nitrogens is 1. The number of aromatic amines is 1. The summed E-state index contributed by atoms with van der Waals surface area (Å²) in [5, 5.41) is 25.6. The minimum absolute atomic E-state index is 0.228. The van der Waals surface area contributed by atoms with Gasteiger partial charge in [-0.05, 0) is 46.0 Å². The molecule has 0 saturated carbocycles. The number of nitriles is 1. The van der Waals surface area contributed by atoms with Crippen molar-refractivity contribution in [1.82, 2.24) is 20.6 Å². The van der Waals surface area contributed by atoms with Crippen molar-refractivity contribution >= 4 is 45.5 Å². The molecule has 0 atom stereocenters. The maximum Gasteiger partial charge on any atom is 0.216 e. The van der Waals surface area contributed by atoms with Gasteiger partial charge in [0.1, 0.15) is 11.6 Å². The summed E-state index contributed by atoms with van der Waals surface area (Å²) in [5.41, 5.74) is 0.965. The monoisotopic (exact) mass is 372 g/mol. The number of rotatable bonds is 3. The molecule has 2 rings (SSSR count). The highest BCUT2D eigenvalue weighted by atomic mass is 127. The molecule has 6 nitrogen and oxygen atoms in total. The summed E-state index contributed by atoms with van der Waals surface area (Å²) in [6.07, 6.45) is 1.49. The lowest BCUT2D eigenvalue weighted by molar-refractivity contribution is 0.881. The van der Waals surface area contributed by atoms with Gasteiger partial charge in [-0.15, -0.1) is 10.2 Å². The molecule has 1 aromatic carbocycles. The highest BCUT2D eigenvalue weighted by Gasteiger charge is 2.06. The van der Waals surface area contributed by atoms with E-state index in [0.717, 1.165) is 3.57 Å². The topological polar surface area (TPSA) is 90.3 Å². The summed E-state index contributed by atoms with van der Waals surface area (Å²) in [7, 11) is 0. The van der Waals surface area contributed by atoms with E-state index < -0.39 is 0 Å². The maximum absolute atomic E-state index is 8.98. The number of allylic oxidation sites excluding steroid dienone is 1. The Morgan fingerprint density at radius 1 is 1.56 bits per heavy atom. The molecule has 0 radical (unpaired) electrons. The third-order valence-corrected chi connectivity index (χ3v) is 2.99. The van der Waals surface area contributed by atoms with Crippen molar-refractivity contribution in [3.8, 4) is 6.07 Å². The first kappa shape index (κ1) is 12.8. The van der Waals surface area contributed by atoms with Crippen molar-refractivity contribution in [3.63, 3.8) is 0 Å². The molecule has 1 heterocycles. The van der Waals surface area contributed by atoms with Crippen molar-refractivity contribution in [2.75, 3.05) is 5.32 Å². The van der Waals surface area contributed by atoms with Crippen LogP contribution in [0.2, 0.25) is 5.02 Å². The van der Waals surface area contributed by atoms with E-state index in [9.17, 15) is 0 Å². The van der Waals surface area contributed by atoms with Gasteiger partial charge >= 0.3 is 0 Å². The van der Waals surface area contributed by atoms with Gasteiger partial charge in [0.2, 0.25) is 5.82 Å². The summed E-state index contributed by atoms with van der Waals surface area (Å²) < 4.78 is 1.03. The van der Waals surface area contributed by atoms with Crippen LogP contribution in [0.1, 0.15) is 5.82 Å². The number of nitrogens with zero attached hydrogens (tertiary/aromatic N) is 4. The number of anilines is 1. The molecule has 0 amide bonds. The predicted molar refractivity (Wildman–Crippen MR) is 75.6 cm³/mol. The molecule has 0 saturated heterocycles. The molecule has 0 fully saturated rings. The van der Waals surface area contributed by atoms with E-state index in [1.165, 1.54) is 6.20 Å². The first-order valence-electron chi connectivity index (χ1n) is 4.76. The zero-order valence-electron chi connectivity index (χ0n) is 8.85. The first-order chi connectivity index (χ1) is 8.70. The Labute approximate surface area is 121 Å². The molecule has 0 aliphatic carbocycles. The van der Waals surface area contributed by atoms with Gasteiger partial charge in [0.15, 0.2) is 0 Å². The fourth-order valence-corrected chi connectivity index (χ4v) is 2.09. The molecular formula is C10H6ClIN6. The van der Waals surface area contributed by atoms with Gasteiger partial charge in [-0.1, -0.05) is 11.6 Å². The summed E-state index contributed by atoms with van der Waals surface area (Å²) >= 11 is 8.22. The number of halogens is 2. The van der Waals surface area contributed by atoms with Crippen LogP contribution >= 0.6 is 34.2 Å². The highest BCUT2D eigenvalue weighted by Crippen LogP contribution is 2.24. The molecule has 2 N–H and O–H groups in total. The second-order valence-corrected chi connectivity index (χ2v) is 4.83. The Kier molecular flexibility index (Phi) is 4.11. The molecule has 1 aromatic heterocycles. The van der Waals surface area contributed by atoms with Crippen LogP contribution < -0.4 is 5.32 Å². The summed E-state index contributed by atoms with van der Waals surface area (Å²) in [5.74, 6) is 0.228. The minimum atomic E-state index is 0.228. The molecule has 0 unspecified atom stereocenters. The maximum atomic E-state index is 8.98. The van der Waals surface area contributed by atoms with Crippen LogP contribution in [0.5, 0.6) is 0 Å². The van der Waals surface area contributed by atoms with E-state index >= 15 is 0 Å². The lowest BCUT2D eigenvalue weighted by atomic mass is 10.3. The molecule has 0 aliphatic heterocycles. The fraction of sp³-hybridized carbons (Fsp3) is 0. The van der Waals surface area contributed by atoms with E-state index in [4.69, 9.17) is 16.9 Å². The van der Waals surface area contributed by atoms with E-state index in [1.54, 1.807) is 0 Å². The fourth-order valence-electron chi connectivity index (χ4n) is 1.18. The number of benzene rings is 1. The van der Waals surface area contributed by atoms with Crippen molar-refractivity contribution in [2.24, 2.45) is 0 Å². The second-order valence-electron chi connectivity index (χ2n) is 3.17. The summed E-state index contributed by atoms with van der Waals surface area (Å²) in [6.45, 7) is 0. The van der Waals surface area contributed by atoms with E-state index in [0.29, 0.717) is 10.7 Å². The van der Waals surface area contributed by atoms with Crippen molar-refractivity contribution < 1.29 is 0 Å². The van der Waals surface area contributed by atoms with Gasteiger partial charge in [-0.25, -0.2) is 0 Å². The van der Waals surface area contributed by atoms with Crippen LogP contribution in [0.25, 0.3) is 5.57 Å². The van der Waals surface area contributed by atoms with Crippen LogP contribution in [0, 0.1) is 14.9 Å². The number of hydrogen-bond acceptors (Lipinski definition) is 5. The standard InChI is InChI=1S/C10H6ClIN6/c11-8-3-7(12)1-2-9(8)14-5-6(4-13)10-15-17-18-16-10/h1-3,5,14H,(H,15,16,17,18). The Bertz CT molecular complexity index is 616. The van der Waals surface area contributed by atoms with Crippen LogP contribution in [-0.2, 0) is 0 Å². The number of hydrogen-bond donors (Lipinski definition) is 2. The van der Waals surface area contributed by atoms with Gasteiger partial charge in [-0.2, -0.15) is 10.5 Å². The third-order valence-electron chi connectivity index (χ3n) is 2.01. The normalized spacial score (nSPS) is 11.1. The molecule has 0 bridgehead atoms. The third kappa shape index (κ3) is 2.96. The average Bonchev–Trinajstić information content (AvgIpc) is 2.86. The zero-order valence-corrected chi connectivity index (χ0v) is 11.8. The molecular weight excluding hydrogens is 367 g/mol. The molecule has 2 aromatic rings. The molecule has 0 aliphatic rings. The smallest absolute Gasteiger partial charge is 0.216 e. The average molecular weight is 373 g/mol. The van der Waals surface area contributed by atoms with Gasteiger partial charge in [0.05, 0.1) is 10.7 Å². The van der Waals surface area contributed by atoms with Crippen LogP contribution in [-0.4, -0.2) is 20.6 Å². The van der Waals surface area contributed by atoms with Crippen LogP contribution in [0.15, 0.2) is 24.4 Å². The number of tetrazole rings is 1. The number of nitrogens with one attached hydrogen (secondary N) is 2. The summed E-state index contributed by atoms with van der Waals surface area (Å²) in [6, 6.07) is 7.52. The van der Waals surface area contributed by atoms with Crippen LogP contribution in [0.3, 0.4) is 0 Å². The molecule has 8 heteroatoms. The summed E-state index contributed by atoms with van der Waals surface area (Å²) in [4.78, 5) is 0. The first-order valence-corrected chi connectivity index (χ1v) is 6.22. The van der Waals surface area contributed by atoms with Crippen molar-refractivity contribution in [3.05, 3.63) is 38.8 Å². The van der Waals surface area contributed by atoms with Crippen molar-refractivity contribution in [2.45, 2.75) is 0 Å². The Morgan fingerprint density at radius 2 is 2.39 bits per heavy atom. The Hall–Kier alpha value is -1.66. The molecule has 0 spiro atoms. The SMILES string of the molecule is N#CC(=CNc1ccc(I)cc1Cl)c1nn[nH]n1. The van der Waals surface area contributed by atoms with Gasteiger partial charge < -0.3 is 5.32 Å². The molecule has 18 heavy (non-hydrogen) atoms. The predicted octanol–water partition coefficient (Wildman–Crippen LogP) is 2.43. The van der Waals surface area contributed by atoms with E-state index in [-0.39, 0.29) is 11.4 Å². The Morgan fingerprint density at radius 3 is 3.00 bits per heavy atom. The van der Waals surface area contributed by atoms with Crippen LogP contribution in [0.4, 0.5) is 5.69 Å². The van der Waals surface area contributed by atoms with Gasteiger partial charge in [-0.3, -0.25) is 0 Å². The Balaban J connectivity index is 2.22. The molecule has 90 valence electrons. The lowest BCUT2D eigenvalue weighted by Gasteiger charge is -2.04. The largest absolute Gasteiger partial charge is 0.359 e. The highest BCUT2D eigenvalue weighted by molar-refractivity contribution is 14.1. The second kappa shape index (κ2) is 5.79. The number of aromatic nitrogens is 4. The quantitative estimate of drug-likeness (QED) is 0.638. The van der Waals surface area contributed by atoms with Gasteiger partial charge in [0.25, 0.3) is 0 Å².